The summed E-state index contributed by atoms with van der Waals surface area (Å²) in [4.78, 5) is 9.07. The van der Waals surface area contributed by atoms with Gasteiger partial charge in [0.2, 0.25) is 0 Å². The van der Waals surface area contributed by atoms with E-state index in [4.69, 9.17) is 5.73 Å². The second kappa shape index (κ2) is 4.48. The van der Waals surface area contributed by atoms with Gasteiger partial charge in [-0.05, 0) is 32.0 Å². The molecule has 0 saturated heterocycles. The normalized spacial score (nSPS) is 11.1. The summed E-state index contributed by atoms with van der Waals surface area (Å²) in [5.74, 6) is 0.831. The number of hydrogen-bond donors (Lipinski definition) is 1. The largest absolute Gasteiger partial charge is 0.324 e. The van der Waals surface area contributed by atoms with Gasteiger partial charge < -0.3 is 5.73 Å². The van der Waals surface area contributed by atoms with Crippen molar-refractivity contribution in [1.29, 1.82) is 0 Å². The number of benzene rings is 1. The Hall–Kier alpha value is -2.20. The molecular weight excluding hydrogens is 236 g/mol. The van der Waals surface area contributed by atoms with E-state index in [1.54, 1.807) is 6.20 Å². The van der Waals surface area contributed by atoms with Gasteiger partial charge in [-0.15, -0.1) is 0 Å². The van der Waals surface area contributed by atoms with Gasteiger partial charge in [-0.25, -0.2) is 9.97 Å². The first-order chi connectivity index (χ1) is 9.19. The molecule has 0 saturated carbocycles. The van der Waals surface area contributed by atoms with Crippen molar-refractivity contribution in [3.63, 3.8) is 0 Å². The minimum atomic E-state index is 0.400. The highest BCUT2D eigenvalue weighted by molar-refractivity contribution is 5.75. The number of aryl methyl sites for hydroxylation is 2. The highest BCUT2D eigenvalue weighted by Gasteiger charge is 2.13. The minimum absolute atomic E-state index is 0.400. The predicted molar refractivity (Wildman–Crippen MR) is 75.8 cm³/mol. The van der Waals surface area contributed by atoms with Gasteiger partial charge in [0.05, 0.1) is 6.54 Å². The zero-order valence-corrected chi connectivity index (χ0v) is 11.1. The molecular formula is C15H16N4. The van der Waals surface area contributed by atoms with Gasteiger partial charge in [0.1, 0.15) is 11.5 Å². The summed E-state index contributed by atoms with van der Waals surface area (Å²) >= 11 is 0. The van der Waals surface area contributed by atoms with E-state index in [2.05, 4.69) is 42.0 Å². The summed E-state index contributed by atoms with van der Waals surface area (Å²) in [6.07, 6.45) is 3.73. The molecule has 0 atom stereocenters. The standard InChI is InChI=1S/C15H16N4/c1-10-6-11(2)8-12(7-10)14-15-17-4-3-5-19(15)13(9-16)18-14/h3-8H,9,16H2,1-2H3. The van der Waals surface area contributed by atoms with Crippen LogP contribution in [0.15, 0.2) is 36.7 Å². The third-order valence-electron chi connectivity index (χ3n) is 3.15. The first kappa shape index (κ1) is 11.9. The van der Waals surface area contributed by atoms with E-state index in [-0.39, 0.29) is 0 Å². The SMILES string of the molecule is Cc1cc(C)cc(-c2nc(CN)n3cccnc23)c1. The summed E-state index contributed by atoms with van der Waals surface area (Å²) in [6, 6.07) is 8.30. The Bertz CT molecular complexity index is 723. The fraction of sp³-hybridized carbons (Fsp3) is 0.200. The summed E-state index contributed by atoms with van der Waals surface area (Å²) in [6.45, 7) is 4.58. The second-order valence-electron chi connectivity index (χ2n) is 4.77. The molecule has 0 aliphatic rings. The Kier molecular flexibility index (Phi) is 2.80. The van der Waals surface area contributed by atoms with Crippen LogP contribution in [0, 0.1) is 13.8 Å². The number of imidazole rings is 1. The third-order valence-corrected chi connectivity index (χ3v) is 3.15. The van der Waals surface area contributed by atoms with Crippen LogP contribution in [0.3, 0.4) is 0 Å². The van der Waals surface area contributed by atoms with E-state index < -0.39 is 0 Å². The molecule has 1 aromatic carbocycles. The number of rotatable bonds is 2. The first-order valence-corrected chi connectivity index (χ1v) is 6.29. The van der Waals surface area contributed by atoms with Crippen LogP contribution in [-0.2, 0) is 6.54 Å². The van der Waals surface area contributed by atoms with E-state index >= 15 is 0 Å². The molecule has 0 aliphatic carbocycles. The van der Waals surface area contributed by atoms with Crippen molar-refractivity contribution in [2.45, 2.75) is 20.4 Å². The molecule has 3 rings (SSSR count). The fourth-order valence-corrected chi connectivity index (χ4v) is 2.44. The van der Waals surface area contributed by atoms with Crippen molar-refractivity contribution in [1.82, 2.24) is 14.4 Å². The van der Waals surface area contributed by atoms with Crippen LogP contribution in [0.2, 0.25) is 0 Å². The lowest BCUT2D eigenvalue weighted by Crippen LogP contribution is -2.02. The van der Waals surface area contributed by atoms with Gasteiger partial charge in [0.15, 0.2) is 5.65 Å². The van der Waals surface area contributed by atoms with Crippen molar-refractivity contribution >= 4 is 5.65 Å². The van der Waals surface area contributed by atoms with E-state index in [0.717, 1.165) is 22.7 Å². The van der Waals surface area contributed by atoms with Gasteiger partial charge in [0, 0.05) is 18.0 Å². The minimum Gasteiger partial charge on any atom is -0.324 e. The molecule has 2 aromatic heterocycles. The van der Waals surface area contributed by atoms with Crippen molar-refractivity contribution in [3.8, 4) is 11.3 Å². The summed E-state index contributed by atoms with van der Waals surface area (Å²) in [5.41, 5.74) is 11.0. The van der Waals surface area contributed by atoms with Crippen LogP contribution in [-0.4, -0.2) is 14.4 Å². The zero-order valence-electron chi connectivity index (χ0n) is 11.1. The van der Waals surface area contributed by atoms with Crippen LogP contribution in [0.4, 0.5) is 0 Å². The molecule has 0 radical (unpaired) electrons. The quantitative estimate of drug-likeness (QED) is 0.762. The van der Waals surface area contributed by atoms with E-state index in [0.29, 0.717) is 6.54 Å². The van der Waals surface area contributed by atoms with Gasteiger partial charge in [-0.2, -0.15) is 0 Å². The lowest BCUT2D eigenvalue weighted by molar-refractivity contribution is 0.897. The van der Waals surface area contributed by atoms with E-state index in [1.165, 1.54) is 11.1 Å². The molecule has 0 unspecified atom stereocenters. The van der Waals surface area contributed by atoms with Crippen LogP contribution >= 0.6 is 0 Å². The maximum absolute atomic E-state index is 5.76. The van der Waals surface area contributed by atoms with Crippen molar-refractivity contribution in [2.75, 3.05) is 0 Å². The zero-order chi connectivity index (χ0) is 13.4. The Morgan fingerprint density at radius 3 is 2.58 bits per heavy atom. The second-order valence-corrected chi connectivity index (χ2v) is 4.77. The number of nitrogens with two attached hydrogens (primary N) is 1. The Morgan fingerprint density at radius 2 is 1.89 bits per heavy atom. The molecule has 96 valence electrons. The molecule has 2 N–H and O–H groups in total. The Morgan fingerprint density at radius 1 is 1.16 bits per heavy atom. The van der Waals surface area contributed by atoms with Crippen molar-refractivity contribution < 1.29 is 0 Å². The summed E-state index contributed by atoms with van der Waals surface area (Å²) in [5, 5.41) is 0. The summed E-state index contributed by atoms with van der Waals surface area (Å²) < 4.78 is 1.95. The molecule has 2 heterocycles. The highest BCUT2D eigenvalue weighted by atomic mass is 15.1. The van der Waals surface area contributed by atoms with Crippen LogP contribution in [0.5, 0.6) is 0 Å². The maximum Gasteiger partial charge on any atom is 0.164 e. The average Bonchev–Trinajstić information content (AvgIpc) is 2.76. The van der Waals surface area contributed by atoms with Crippen molar-refractivity contribution in [2.24, 2.45) is 5.73 Å². The molecule has 0 spiro atoms. The van der Waals surface area contributed by atoms with Gasteiger partial charge >= 0.3 is 0 Å². The molecule has 0 amide bonds. The van der Waals surface area contributed by atoms with Crippen molar-refractivity contribution in [3.05, 3.63) is 53.6 Å². The van der Waals surface area contributed by atoms with Crippen LogP contribution in [0.1, 0.15) is 17.0 Å². The summed E-state index contributed by atoms with van der Waals surface area (Å²) in [7, 11) is 0. The monoisotopic (exact) mass is 252 g/mol. The number of nitrogens with zero attached hydrogens (tertiary/aromatic N) is 3. The first-order valence-electron chi connectivity index (χ1n) is 6.29. The molecule has 4 nitrogen and oxygen atoms in total. The number of fused-ring (bicyclic) bond motifs is 1. The van der Waals surface area contributed by atoms with Gasteiger partial charge in [-0.1, -0.05) is 17.2 Å². The molecule has 4 heteroatoms. The fourth-order valence-electron chi connectivity index (χ4n) is 2.44. The van der Waals surface area contributed by atoms with Gasteiger partial charge in [-0.3, -0.25) is 4.40 Å². The van der Waals surface area contributed by atoms with Gasteiger partial charge in [0.25, 0.3) is 0 Å². The molecule has 19 heavy (non-hydrogen) atoms. The topological polar surface area (TPSA) is 56.2 Å². The number of aromatic nitrogens is 3. The smallest absolute Gasteiger partial charge is 0.164 e. The molecule has 0 bridgehead atoms. The van der Waals surface area contributed by atoms with Crippen LogP contribution in [0.25, 0.3) is 16.9 Å². The highest BCUT2D eigenvalue weighted by Crippen LogP contribution is 2.25. The van der Waals surface area contributed by atoms with E-state index in [9.17, 15) is 0 Å². The van der Waals surface area contributed by atoms with Crippen LogP contribution < -0.4 is 5.73 Å². The Balaban J connectivity index is 2.30. The third kappa shape index (κ3) is 2.00. The van der Waals surface area contributed by atoms with E-state index in [1.807, 2.05) is 16.7 Å². The number of hydrogen-bond acceptors (Lipinski definition) is 3. The Labute approximate surface area is 111 Å². The molecule has 0 aliphatic heterocycles. The molecule has 3 aromatic rings. The lowest BCUT2D eigenvalue weighted by atomic mass is 10.1. The maximum atomic E-state index is 5.76. The predicted octanol–water partition coefficient (Wildman–Crippen LogP) is 2.47. The molecule has 0 fully saturated rings. The lowest BCUT2D eigenvalue weighted by Gasteiger charge is -2.02. The average molecular weight is 252 g/mol.